The van der Waals surface area contributed by atoms with Crippen LogP contribution in [0, 0.1) is 30.6 Å². The summed E-state index contributed by atoms with van der Waals surface area (Å²) in [6.07, 6.45) is 4.86. The molecule has 16 heteroatoms. The number of ether oxygens (including phenoxy) is 4. The number of esters is 1. The van der Waals surface area contributed by atoms with Crippen LogP contribution in [0.15, 0.2) is 41.2 Å². The molecule has 2 aromatic rings. The fourth-order valence-electron chi connectivity index (χ4n) is 7.92. The summed E-state index contributed by atoms with van der Waals surface area (Å²) in [4.78, 5) is 42.6. The minimum atomic E-state index is -2.04. The number of hydrogen-bond acceptors (Lipinski definition) is 15. The second-order valence-electron chi connectivity index (χ2n) is 16.1. The summed E-state index contributed by atoms with van der Waals surface area (Å²) in [7, 11) is 3.42. The van der Waals surface area contributed by atoms with Crippen molar-refractivity contribution in [3.8, 4) is 23.0 Å². The SMILES string of the molecule is CO[C@H]1/C=C/O[C@@]2(C)Oc3c(C)c(O)c4c(O)c(c(/C=N\N5CCN(C)CC5)c(O)c4c3C2=O)NC(=O)/C(C)=C\C=C\[C@H](C)[C@H](O)[C@@H](C)[C@H](O)[C@H](C)[C@H](OC(C)=O)[C@@H]1C. The number of amides is 1. The highest BCUT2D eigenvalue weighted by atomic mass is 16.7. The van der Waals surface area contributed by atoms with E-state index in [1.165, 1.54) is 59.4 Å². The first kappa shape index (κ1) is 44.9. The number of Topliss-reactive ketones (excluding diaryl/α,β-unsaturated/α-hetero) is 1. The summed E-state index contributed by atoms with van der Waals surface area (Å²) in [5.74, 6) is -8.34. The highest BCUT2D eigenvalue weighted by Gasteiger charge is 2.50. The summed E-state index contributed by atoms with van der Waals surface area (Å²) >= 11 is 0. The van der Waals surface area contributed by atoms with E-state index >= 15 is 0 Å². The summed E-state index contributed by atoms with van der Waals surface area (Å²) in [5, 5.41) is 66.8. The van der Waals surface area contributed by atoms with Crippen molar-refractivity contribution in [1.82, 2.24) is 9.91 Å². The lowest BCUT2D eigenvalue weighted by molar-refractivity contribution is -0.160. The number of nitrogens with zero attached hydrogens (tertiary/aromatic N) is 3. The third-order valence-corrected chi connectivity index (χ3v) is 11.9. The third kappa shape index (κ3) is 8.91. The van der Waals surface area contributed by atoms with E-state index in [0.29, 0.717) is 13.1 Å². The molecule has 16 nitrogen and oxygen atoms in total. The maximum atomic E-state index is 14.4. The van der Waals surface area contributed by atoms with Crippen molar-refractivity contribution < 1.29 is 58.9 Å². The number of aliphatic hydroxyl groups excluding tert-OH is 2. The van der Waals surface area contributed by atoms with Crippen LogP contribution in [-0.4, -0.2) is 130 Å². The van der Waals surface area contributed by atoms with Gasteiger partial charge in [-0.15, -0.1) is 0 Å². The zero-order chi connectivity index (χ0) is 43.7. The highest BCUT2D eigenvalue weighted by Crippen LogP contribution is 2.55. The second kappa shape index (κ2) is 18.0. The molecule has 0 aromatic heterocycles. The van der Waals surface area contributed by atoms with E-state index in [4.69, 9.17) is 18.9 Å². The summed E-state index contributed by atoms with van der Waals surface area (Å²) < 4.78 is 23.6. The fourth-order valence-corrected chi connectivity index (χ4v) is 7.92. The molecule has 1 saturated heterocycles. The number of carbonyl (C=O) groups is 3. The van der Waals surface area contributed by atoms with Crippen LogP contribution in [0.1, 0.15) is 70.0 Å². The van der Waals surface area contributed by atoms with Gasteiger partial charge >= 0.3 is 11.8 Å². The first-order chi connectivity index (χ1) is 27.7. The summed E-state index contributed by atoms with van der Waals surface area (Å²) in [6, 6.07) is 0. The van der Waals surface area contributed by atoms with Gasteiger partial charge in [0.15, 0.2) is 5.75 Å². The number of nitrogens with one attached hydrogen (secondary N) is 1. The van der Waals surface area contributed by atoms with E-state index in [-0.39, 0.29) is 44.5 Å². The van der Waals surface area contributed by atoms with Crippen molar-refractivity contribution in [2.24, 2.45) is 28.8 Å². The monoisotopic (exact) mass is 822 g/mol. The van der Waals surface area contributed by atoms with Crippen LogP contribution in [-0.2, 0) is 23.8 Å². The van der Waals surface area contributed by atoms with Crippen molar-refractivity contribution in [1.29, 1.82) is 0 Å². The molecule has 4 aliphatic heterocycles. The smallest absolute Gasteiger partial charge is 0.312 e. The quantitative estimate of drug-likeness (QED) is 0.109. The van der Waals surface area contributed by atoms with Crippen molar-refractivity contribution in [3.05, 3.63) is 52.8 Å². The standard InChI is InChI=1S/C43H58N4O12/c1-21-12-11-13-22(2)42(55)45-33-28(20-44-47-17-15-46(9)16-18-47)37(52)30-31(38(33)53)36(51)26(6)40-32(30)41(54)43(8,59-40)57-19-14-29(56-10)23(3)39(58-27(7)48)25(5)35(50)24(4)34(21)49/h11-14,19-21,23-25,29,34-35,39,49-53H,15-18H2,1-10H3,(H,45,55)/b12-11+,19-14+,22-13-,44-20-/t21-,23+,24+,25-,29-,34-,35-,39+,43-/m0/s1. The average molecular weight is 823 g/mol. The minimum absolute atomic E-state index is 0.0559. The Bertz CT molecular complexity index is 2070. The van der Waals surface area contributed by atoms with E-state index in [1.54, 1.807) is 44.9 Å². The molecule has 6 rings (SSSR count). The number of benzene rings is 2. The molecule has 1 amide bonds. The molecule has 6 N–H and O–H groups in total. The number of allylic oxidation sites excluding steroid dienone is 2. The van der Waals surface area contributed by atoms with Gasteiger partial charge in [-0.3, -0.25) is 19.4 Å². The van der Waals surface area contributed by atoms with Crippen LogP contribution in [0.4, 0.5) is 5.69 Å². The van der Waals surface area contributed by atoms with Crippen molar-refractivity contribution >= 4 is 40.3 Å². The van der Waals surface area contributed by atoms with Gasteiger partial charge in [0.1, 0.15) is 23.4 Å². The largest absolute Gasteiger partial charge is 0.507 e. The number of aliphatic hydroxyl groups is 2. The van der Waals surface area contributed by atoms with E-state index in [1.807, 2.05) is 7.05 Å². The van der Waals surface area contributed by atoms with E-state index < -0.39 is 88.8 Å². The zero-order valence-corrected chi connectivity index (χ0v) is 35.3. The molecule has 59 heavy (non-hydrogen) atoms. The Morgan fingerprint density at radius 1 is 0.949 bits per heavy atom. The van der Waals surface area contributed by atoms with Gasteiger partial charge in [-0.1, -0.05) is 45.9 Å². The number of piperazine rings is 1. The van der Waals surface area contributed by atoms with Crippen LogP contribution in [0.2, 0.25) is 0 Å². The second-order valence-corrected chi connectivity index (χ2v) is 16.1. The predicted octanol–water partition coefficient (Wildman–Crippen LogP) is 4.34. The van der Waals surface area contributed by atoms with Gasteiger partial charge in [0.25, 0.3) is 11.7 Å². The molecule has 2 aromatic carbocycles. The Morgan fingerprint density at radius 2 is 1.61 bits per heavy atom. The lowest BCUT2D eigenvalue weighted by Crippen LogP contribution is -2.46. The molecule has 0 aliphatic carbocycles. The van der Waals surface area contributed by atoms with E-state index in [0.717, 1.165) is 13.1 Å². The minimum Gasteiger partial charge on any atom is -0.507 e. The van der Waals surface area contributed by atoms with Gasteiger partial charge in [-0.2, -0.15) is 5.10 Å². The molecule has 5 bridgehead atoms. The highest BCUT2D eigenvalue weighted by molar-refractivity contribution is 6.23. The Hall–Kier alpha value is -5.16. The molecular formula is C43H58N4O12. The maximum absolute atomic E-state index is 14.4. The first-order valence-corrected chi connectivity index (χ1v) is 19.8. The van der Waals surface area contributed by atoms with Crippen LogP contribution >= 0.6 is 0 Å². The Kier molecular flexibility index (Phi) is 13.7. The van der Waals surface area contributed by atoms with Gasteiger partial charge in [-0.25, -0.2) is 0 Å². The molecule has 0 saturated carbocycles. The number of fused-ring (bicyclic) bond motifs is 14. The third-order valence-electron chi connectivity index (χ3n) is 11.9. The van der Waals surface area contributed by atoms with Crippen LogP contribution in [0.25, 0.3) is 10.8 Å². The van der Waals surface area contributed by atoms with E-state index in [2.05, 4.69) is 15.3 Å². The van der Waals surface area contributed by atoms with Crippen molar-refractivity contribution in [2.45, 2.75) is 85.6 Å². The molecule has 4 heterocycles. The average Bonchev–Trinajstić information content (AvgIpc) is 3.46. The number of hydrogen-bond donors (Lipinski definition) is 6. The van der Waals surface area contributed by atoms with Gasteiger partial charge in [-0.05, 0) is 27.0 Å². The number of hydrazone groups is 1. The Labute approximate surface area is 344 Å². The van der Waals surface area contributed by atoms with Crippen molar-refractivity contribution in [3.63, 3.8) is 0 Å². The molecule has 4 aliphatic rings. The lowest BCUT2D eigenvalue weighted by atomic mass is 9.78. The summed E-state index contributed by atoms with van der Waals surface area (Å²) in [5.41, 5.74) is -0.350. The number of anilines is 1. The first-order valence-electron chi connectivity index (χ1n) is 19.8. The normalized spacial score (nSPS) is 32.1. The van der Waals surface area contributed by atoms with Gasteiger partial charge < -0.3 is 54.7 Å². The number of phenols is 3. The Morgan fingerprint density at radius 3 is 2.24 bits per heavy atom. The number of likely N-dealkylation sites (N-methyl/N-ethyl adjacent to an activating group) is 1. The number of ketones is 1. The predicted molar refractivity (Wildman–Crippen MR) is 220 cm³/mol. The Balaban J connectivity index is 1.70. The fraction of sp³-hybridized carbons (Fsp3) is 0.535. The van der Waals surface area contributed by atoms with Crippen LogP contribution < -0.4 is 10.1 Å². The molecule has 0 radical (unpaired) electrons. The van der Waals surface area contributed by atoms with Gasteiger partial charge in [0.2, 0.25) is 0 Å². The number of carbonyl (C=O) groups excluding carboxylic acids is 3. The van der Waals surface area contributed by atoms with E-state index in [9.17, 15) is 39.9 Å². The number of rotatable bonds is 4. The molecule has 9 atom stereocenters. The zero-order valence-electron chi connectivity index (χ0n) is 35.3. The number of methoxy groups -OCH3 is 1. The molecule has 322 valence electrons. The molecular weight excluding hydrogens is 764 g/mol. The number of aromatic hydroxyl groups is 3. The summed E-state index contributed by atoms with van der Waals surface area (Å²) in [6.45, 7) is 15.1. The van der Waals surface area contributed by atoms with Crippen molar-refractivity contribution in [2.75, 3.05) is 45.7 Å². The molecule has 0 spiro atoms. The molecule has 0 unspecified atom stereocenters. The number of phenolic OH excluding ortho intramolecular Hbond substituents is 3. The maximum Gasteiger partial charge on any atom is 0.312 e. The van der Waals surface area contributed by atoms with Gasteiger partial charge in [0, 0.05) is 87.3 Å². The molecule has 1 fully saturated rings. The van der Waals surface area contributed by atoms with Gasteiger partial charge in [0.05, 0.1) is 53.0 Å². The lowest BCUT2D eigenvalue weighted by Gasteiger charge is -2.38. The van der Waals surface area contributed by atoms with Crippen LogP contribution in [0.5, 0.6) is 23.0 Å². The topological polar surface area (TPSA) is 220 Å². The van der Waals surface area contributed by atoms with Crippen LogP contribution in [0.3, 0.4) is 0 Å².